The number of carbonyl (C=O) groups excluding carboxylic acids is 1. The van der Waals surface area contributed by atoms with Gasteiger partial charge in [-0.3, -0.25) is 9.78 Å². The summed E-state index contributed by atoms with van der Waals surface area (Å²) in [5, 5.41) is 4.48. The molecule has 0 unspecified atom stereocenters. The number of carbonyl (C=O) groups is 1. The number of nitrogens with one attached hydrogen (secondary N) is 1. The highest BCUT2D eigenvalue weighted by atomic mass is 35.5. The molecule has 1 aromatic heterocycles. The summed E-state index contributed by atoms with van der Waals surface area (Å²) < 4.78 is 10.6. The first-order valence-electron chi connectivity index (χ1n) is 7.36. The molecule has 2 aromatic carbocycles. The summed E-state index contributed by atoms with van der Waals surface area (Å²) in [5.41, 5.74) is 1.36. The van der Waals surface area contributed by atoms with Crippen LogP contribution in [0.25, 0.3) is 10.9 Å². The summed E-state index contributed by atoms with van der Waals surface area (Å²) in [5.74, 6) is 0.802. The monoisotopic (exact) mass is 376 g/mol. The zero-order valence-electron chi connectivity index (χ0n) is 13.3. The third kappa shape index (κ3) is 4.32. The summed E-state index contributed by atoms with van der Waals surface area (Å²) in [6.07, 6.45) is 1.58. The van der Waals surface area contributed by atoms with Crippen molar-refractivity contribution < 1.29 is 14.3 Å². The molecule has 1 amide bonds. The highest BCUT2D eigenvalue weighted by Crippen LogP contribution is 2.27. The van der Waals surface area contributed by atoms with Gasteiger partial charge in [-0.2, -0.15) is 0 Å². The molecule has 0 saturated carbocycles. The molecule has 0 atom stereocenters. The quantitative estimate of drug-likeness (QED) is 0.708. The number of pyridine rings is 1. The Balaban J connectivity index is 1.65. The first-order valence-corrected chi connectivity index (χ1v) is 8.12. The molecule has 7 heteroatoms. The zero-order valence-corrected chi connectivity index (χ0v) is 14.8. The van der Waals surface area contributed by atoms with Gasteiger partial charge in [-0.25, -0.2) is 0 Å². The van der Waals surface area contributed by atoms with Gasteiger partial charge in [0, 0.05) is 16.5 Å². The van der Waals surface area contributed by atoms with Crippen molar-refractivity contribution in [2.24, 2.45) is 0 Å². The predicted octanol–water partition coefficient (Wildman–Crippen LogP) is 4.57. The smallest absolute Gasteiger partial charge is 0.262 e. The van der Waals surface area contributed by atoms with Crippen molar-refractivity contribution >= 4 is 45.7 Å². The van der Waals surface area contributed by atoms with Gasteiger partial charge in [0.2, 0.25) is 0 Å². The second-order valence-corrected chi connectivity index (χ2v) is 6.04. The topological polar surface area (TPSA) is 60.5 Å². The van der Waals surface area contributed by atoms with E-state index in [0.29, 0.717) is 21.5 Å². The van der Waals surface area contributed by atoms with Crippen LogP contribution >= 0.6 is 23.2 Å². The lowest BCUT2D eigenvalue weighted by atomic mass is 10.2. The number of methoxy groups -OCH3 is 1. The lowest BCUT2D eigenvalue weighted by Crippen LogP contribution is -2.20. The van der Waals surface area contributed by atoms with Crippen LogP contribution in [0, 0.1) is 0 Å². The van der Waals surface area contributed by atoms with Crippen molar-refractivity contribution in [3.05, 3.63) is 58.7 Å². The standard InChI is InChI=1S/C18H14Cl2N2O3/c1-24-14-4-2-11-6-13(9-21-16(11)8-14)22-18(23)10-25-17-5-3-12(19)7-15(17)20/h2-9H,10H2,1H3,(H,22,23). The number of anilines is 1. The van der Waals surface area contributed by atoms with E-state index in [0.717, 1.165) is 16.7 Å². The van der Waals surface area contributed by atoms with Gasteiger partial charge < -0.3 is 14.8 Å². The molecule has 1 heterocycles. The molecular weight excluding hydrogens is 363 g/mol. The number of benzene rings is 2. The lowest BCUT2D eigenvalue weighted by Gasteiger charge is -2.09. The van der Waals surface area contributed by atoms with Crippen molar-refractivity contribution in [2.45, 2.75) is 0 Å². The number of rotatable bonds is 5. The summed E-state index contributed by atoms with van der Waals surface area (Å²) in [6.45, 7) is -0.179. The van der Waals surface area contributed by atoms with Crippen LogP contribution in [-0.4, -0.2) is 24.6 Å². The average Bonchev–Trinajstić information content (AvgIpc) is 2.60. The first-order chi connectivity index (χ1) is 12.0. The maximum Gasteiger partial charge on any atom is 0.262 e. The SMILES string of the molecule is COc1ccc2cc(NC(=O)COc3ccc(Cl)cc3Cl)cnc2c1. The summed E-state index contributed by atoms with van der Waals surface area (Å²) >= 11 is 11.8. The molecule has 0 aliphatic rings. The fraction of sp³-hybridized carbons (Fsp3) is 0.111. The molecule has 0 fully saturated rings. The molecule has 0 bridgehead atoms. The molecule has 5 nitrogen and oxygen atoms in total. The molecule has 3 aromatic rings. The molecule has 128 valence electrons. The van der Waals surface area contributed by atoms with Gasteiger partial charge in [-0.15, -0.1) is 0 Å². The second-order valence-electron chi connectivity index (χ2n) is 5.19. The van der Waals surface area contributed by atoms with Crippen molar-refractivity contribution in [3.8, 4) is 11.5 Å². The molecule has 0 aliphatic heterocycles. The normalized spacial score (nSPS) is 10.5. The molecule has 1 N–H and O–H groups in total. The van der Waals surface area contributed by atoms with E-state index < -0.39 is 0 Å². The molecule has 0 aliphatic carbocycles. The number of fused-ring (bicyclic) bond motifs is 1. The number of halogens is 2. The molecule has 0 spiro atoms. The fourth-order valence-corrected chi connectivity index (χ4v) is 2.69. The number of nitrogens with zero attached hydrogens (tertiary/aromatic N) is 1. The molecule has 25 heavy (non-hydrogen) atoms. The van der Waals surface area contributed by atoms with E-state index in [2.05, 4.69) is 10.3 Å². The Morgan fingerprint density at radius 2 is 2.00 bits per heavy atom. The highest BCUT2D eigenvalue weighted by molar-refractivity contribution is 6.35. The minimum absolute atomic E-state index is 0.179. The second kappa shape index (κ2) is 7.59. The van der Waals surface area contributed by atoms with Gasteiger partial charge in [0.25, 0.3) is 5.91 Å². The van der Waals surface area contributed by atoms with Gasteiger partial charge in [0.15, 0.2) is 6.61 Å². The molecular formula is C18H14Cl2N2O3. The molecule has 0 saturated heterocycles. The minimum Gasteiger partial charge on any atom is -0.497 e. The van der Waals surface area contributed by atoms with Crippen LogP contribution in [0.4, 0.5) is 5.69 Å². The maximum absolute atomic E-state index is 12.0. The van der Waals surface area contributed by atoms with Crippen LogP contribution in [0.3, 0.4) is 0 Å². The van der Waals surface area contributed by atoms with E-state index in [1.165, 1.54) is 0 Å². The summed E-state index contributed by atoms with van der Waals surface area (Å²) in [4.78, 5) is 16.4. The number of hydrogen-bond donors (Lipinski definition) is 1. The Labute approximate surface area is 154 Å². The minimum atomic E-state index is -0.319. The Kier molecular flexibility index (Phi) is 5.26. The van der Waals surface area contributed by atoms with Crippen molar-refractivity contribution in [2.75, 3.05) is 19.0 Å². The summed E-state index contributed by atoms with van der Waals surface area (Å²) in [7, 11) is 1.60. The Morgan fingerprint density at radius 3 is 2.76 bits per heavy atom. The fourth-order valence-electron chi connectivity index (χ4n) is 2.23. The number of hydrogen-bond acceptors (Lipinski definition) is 4. The van der Waals surface area contributed by atoms with Crippen molar-refractivity contribution in [3.63, 3.8) is 0 Å². The predicted molar refractivity (Wildman–Crippen MR) is 98.9 cm³/mol. The largest absolute Gasteiger partial charge is 0.497 e. The van der Waals surface area contributed by atoms with Gasteiger partial charge in [0.05, 0.1) is 29.5 Å². The third-order valence-corrected chi connectivity index (χ3v) is 3.96. The highest BCUT2D eigenvalue weighted by Gasteiger charge is 2.08. The zero-order chi connectivity index (χ0) is 17.8. The number of aromatic nitrogens is 1. The number of ether oxygens (including phenoxy) is 2. The van der Waals surface area contributed by atoms with E-state index in [9.17, 15) is 4.79 Å². The van der Waals surface area contributed by atoms with Gasteiger partial charge in [-0.05, 0) is 36.4 Å². The Morgan fingerprint density at radius 1 is 1.16 bits per heavy atom. The lowest BCUT2D eigenvalue weighted by molar-refractivity contribution is -0.118. The average molecular weight is 377 g/mol. The van der Waals surface area contributed by atoms with E-state index in [1.54, 1.807) is 31.5 Å². The first kappa shape index (κ1) is 17.3. The number of amides is 1. The molecule has 0 radical (unpaired) electrons. The van der Waals surface area contributed by atoms with Gasteiger partial charge >= 0.3 is 0 Å². The maximum atomic E-state index is 12.0. The van der Waals surface area contributed by atoms with Crippen LogP contribution in [0.15, 0.2) is 48.7 Å². The Bertz CT molecular complexity index is 931. The van der Waals surface area contributed by atoms with Gasteiger partial charge in [0.1, 0.15) is 11.5 Å². The van der Waals surface area contributed by atoms with E-state index in [4.69, 9.17) is 32.7 Å². The van der Waals surface area contributed by atoms with E-state index >= 15 is 0 Å². The molecule has 3 rings (SSSR count). The van der Waals surface area contributed by atoms with Crippen molar-refractivity contribution in [1.29, 1.82) is 0 Å². The third-order valence-electron chi connectivity index (χ3n) is 3.43. The van der Waals surface area contributed by atoms with Crippen LogP contribution in [0.5, 0.6) is 11.5 Å². The Hall–Kier alpha value is -2.50. The van der Waals surface area contributed by atoms with Crippen molar-refractivity contribution in [1.82, 2.24) is 4.98 Å². The van der Waals surface area contributed by atoms with Crippen LogP contribution in [-0.2, 0) is 4.79 Å². The van der Waals surface area contributed by atoms with E-state index in [1.807, 2.05) is 24.3 Å². The van der Waals surface area contributed by atoms with E-state index in [-0.39, 0.29) is 12.5 Å². The van der Waals surface area contributed by atoms with Crippen LogP contribution in [0.2, 0.25) is 10.0 Å². The van der Waals surface area contributed by atoms with Crippen LogP contribution < -0.4 is 14.8 Å². The van der Waals surface area contributed by atoms with Gasteiger partial charge in [-0.1, -0.05) is 23.2 Å². The van der Waals surface area contributed by atoms with Crippen LogP contribution in [0.1, 0.15) is 0 Å². The summed E-state index contributed by atoms with van der Waals surface area (Å²) in [6, 6.07) is 12.2.